The summed E-state index contributed by atoms with van der Waals surface area (Å²) < 4.78 is 0. The largest absolute Gasteiger partial charge is 0.350 e. The van der Waals surface area contributed by atoms with Gasteiger partial charge in [0.2, 0.25) is 5.95 Å². The number of hydrogen-bond acceptors (Lipinski definition) is 4. The van der Waals surface area contributed by atoms with Gasteiger partial charge in [0, 0.05) is 31.0 Å². The maximum atomic E-state index is 4.34. The van der Waals surface area contributed by atoms with Crippen molar-refractivity contribution in [3.05, 3.63) is 18.0 Å². The fourth-order valence-electron chi connectivity index (χ4n) is 3.05. The summed E-state index contributed by atoms with van der Waals surface area (Å²) in [6, 6.07) is 1.24. The summed E-state index contributed by atoms with van der Waals surface area (Å²) in [4.78, 5) is 11.3. The first-order valence-electron chi connectivity index (χ1n) is 6.62. The summed E-state index contributed by atoms with van der Waals surface area (Å²) >= 11 is 0. The Morgan fingerprint density at radius 1 is 1.18 bits per heavy atom. The van der Waals surface area contributed by atoms with Crippen LogP contribution in [0.1, 0.15) is 31.2 Å². The molecule has 3 rings (SSSR count). The van der Waals surface area contributed by atoms with Crippen LogP contribution < -0.4 is 5.32 Å². The summed E-state index contributed by atoms with van der Waals surface area (Å²) in [5.41, 5.74) is 1.11. The molecule has 1 aromatic heterocycles. The highest BCUT2D eigenvalue weighted by molar-refractivity contribution is 5.27. The molecule has 0 bridgehead atoms. The maximum absolute atomic E-state index is 4.34. The number of rotatable bonds is 2. The first kappa shape index (κ1) is 11.0. The minimum absolute atomic E-state index is 0.540. The van der Waals surface area contributed by atoms with Gasteiger partial charge in [0.1, 0.15) is 0 Å². The molecule has 1 N–H and O–H groups in total. The van der Waals surface area contributed by atoms with Crippen molar-refractivity contribution in [2.75, 3.05) is 18.4 Å². The van der Waals surface area contributed by atoms with E-state index in [0.29, 0.717) is 12.1 Å². The molecule has 0 radical (unpaired) electrons. The maximum Gasteiger partial charge on any atom is 0.222 e. The van der Waals surface area contributed by atoms with Crippen LogP contribution in [0, 0.1) is 6.92 Å². The van der Waals surface area contributed by atoms with Gasteiger partial charge in [0.05, 0.1) is 0 Å². The minimum atomic E-state index is 0.540. The SMILES string of the molecule is Cc1cnc(NC2CCN3CCCCC23)nc1. The number of nitrogens with one attached hydrogen (secondary N) is 1. The standard InChI is InChI=1S/C13H20N4/c1-10-8-14-13(15-9-10)16-11-5-7-17-6-3-2-4-12(11)17/h8-9,11-12H,2-7H2,1H3,(H,14,15,16). The molecule has 0 aromatic carbocycles. The molecule has 4 nitrogen and oxygen atoms in total. The average molecular weight is 232 g/mol. The normalized spacial score (nSPS) is 29.0. The molecule has 0 saturated carbocycles. The summed E-state index contributed by atoms with van der Waals surface area (Å²) in [5, 5.41) is 3.50. The van der Waals surface area contributed by atoms with Crippen LogP contribution in [0.2, 0.25) is 0 Å². The van der Waals surface area contributed by atoms with Crippen LogP contribution in [-0.4, -0.2) is 40.0 Å². The molecule has 2 saturated heterocycles. The Morgan fingerprint density at radius 3 is 2.82 bits per heavy atom. The lowest BCUT2D eigenvalue weighted by atomic mass is 9.99. The highest BCUT2D eigenvalue weighted by Gasteiger charge is 2.35. The Hall–Kier alpha value is -1.16. The van der Waals surface area contributed by atoms with Gasteiger partial charge in [-0.25, -0.2) is 9.97 Å². The first-order valence-corrected chi connectivity index (χ1v) is 6.62. The summed E-state index contributed by atoms with van der Waals surface area (Å²) in [7, 11) is 0. The molecule has 92 valence electrons. The lowest BCUT2D eigenvalue weighted by Crippen LogP contribution is -2.41. The molecule has 17 heavy (non-hydrogen) atoms. The van der Waals surface area contributed by atoms with E-state index in [-0.39, 0.29) is 0 Å². The molecule has 0 aliphatic carbocycles. The van der Waals surface area contributed by atoms with Crippen molar-refractivity contribution in [1.29, 1.82) is 0 Å². The van der Waals surface area contributed by atoms with E-state index in [1.807, 2.05) is 19.3 Å². The lowest BCUT2D eigenvalue weighted by molar-refractivity contribution is 0.192. The van der Waals surface area contributed by atoms with Crippen LogP contribution in [0.15, 0.2) is 12.4 Å². The van der Waals surface area contributed by atoms with Crippen LogP contribution in [0.4, 0.5) is 5.95 Å². The Bertz CT molecular complexity index is 376. The van der Waals surface area contributed by atoms with Gasteiger partial charge in [-0.2, -0.15) is 0 Å². The van der Waals surface area contributed by atoms with E-state index in [9.17, 15) is 0 Å². The Morgan fingerprint density at radius 2 is 2.00 bits per heavy atom. The lowest BCUT2D eigenvalue weighted by Gasteiger charge is -2.32. The fourth-order valence-corrected chi connectivity index (χ4v) is 3.05. The zero-order chi connectivity index (χ0) is 11.7. The smallest absolute Gasteiger partial charge is 0.222 e. The zero-order valence-corrected chi connectivity index (χ0v) is 10.4. The molecule has 0 amide bonds. The molecule has 2 aliphatic heterocycles. The van der Waals surface area contributed by atoms with Crippen molar-refractivity contribution in [2.45, 2.75) is 44.7 Å². The molecule has 4 heteroatoms. The van der Waals surface area contributed by atoms with Crippen molar-refractivity contribution >= 4 is 5.95 Å². The zero-order valence-electron chi connectivity index (χ0n) is 10.4. The van der Waals surface area contributed by atoms with E-state index in [0.717, 1.165) is 11.5 Å². The summed E-state index contributed by atoms with van der Waals surface area (Å²) in [6.07, 6.45) is 9.04. The van der Waals surface area contributed by atoms with Crippen molar-refractivity contribution in [3.63, 3.8) is 0 Å². The molecule has 2 atom stereocenters. The average Bonchev–Trinajstić information content (AvgIpc) is 2.76. The third-order valence-corrected chi connectivity index (χ3v) is 3.95. The van der Waals surface area contributed by atoms with Crippen molar-refractivity contribution in [1.82, 2.24) is 14.9 Å². The monoisotopic (exact) mass is 232 g/mol. The van der Waals surface area contributed by atoms with Gasteiger partial charge in [-0.3, -0.25) is 4.90 Å². The second kappa shape index (κ2) is 4.61. The topological polar surface area (TPSA) is 41.1 Å². The van der Waals surface area contributed by atoms with Crippen molar-refractivity contribution in [2.24, 2.45) is 0 Å². The molecular formula is C13H20N4. The third-order valence-electron chi connectivity index (χ3n) is 3.95. The number of hydrogen-bond donors (Lipinski definition) is 1. The minimum Gasteiger partial charge on any atom is -0.350 e. The van der Waals surface area contributed by atoms with E-state index in [2.05, 4.69) is 20.2 Å². The number of piperidine rings is 1. The highest BCUT2D eigenvalue weighted by Crippen LogP contribution is 2.28. The number of aryl methyl sites for hydroxylation is 1. The molecule has 2 fully saturated rings. The van der Waals surface area contributed by atoms with Gasteiger partial charge in [-0.05, 0) is 38.3 Å². The van der Waals surface area contributed by atoms with Gasteiger partial charge in [-0.15, -0.1) is 0 Å². The Kier molecular flexibility index (Phi) is 2.97. The van der Waals surface area contributed by atoms with Crippen LogP contribution in [-0.2, 0) is 0 Å². The van der Waals surface area contributed by atoms with Crippen LogP contribution >= 0.6 is 0 Å². The Balaban J connectivity index is 1.67. The number of aromatic nitrogens is 2. The quantitative estimate of drug-likeness (QED) is 0.844. The summed E-state index contributed by atoms with van der Waals surface area (Å²) in [6.45, 7) is 4.52. The van der Waals surface area contributed by atoms with Crippen LogP contribution in [0.25, 0.3) is 0 Å². The molecule has 2 unspecified atom stereocenters. The van der Waals surface area contributed by atoms with Gasteiger partial charge in [0.15, 0.2) is 0 Å². The fraction of sp³-hybridized carbons (Fsp3) is 0.692. The van der Waals surface area contributed by atoms with Gasteiger partial charge < -0.3 is 5.32 Å². The predicted molar refractivity (Wildman–Crippen MR) is 68.0 cm³/mol. The molecular weight excluding hydrogens is 212 g/mol. The number of fused-ring (bicyclic) bond motifs is 1. The van der Waals surface area contributed by atoms with E-state index in [1.165, 1.54) is 38.8 Å². The molecule has 1 aromatic rings. The third kappa shape index (κ3) is 2.27. The van der Waals surface area contributed by atoms with Gasteiger partial charge in [0.25, 0.3) is 0 Å². The van der Waals surface area contributed by atoms with Crippen molar-refractivity contribution < 1.29 is 0 Å². The highest BCUT2D eigenvalue weighted by atomic mass is 15.2. The van der Waals surface area contributed by atoms with E-state index < -0.39 is 0 Å². The van der Waals surface area contributed by atoms with E-state index in [1.54, 1.807) is 0 Å². The van der Waals surface area contributed by atoms with Gasteiger partial charge in [-0.1, -0.05) is 6.42 Å². The molecule has 0 spiro atoms. The second-order valence-electron chi connectivity index (χ2n) is 5.22. The van der Waals surface area contributed by atoms with Crippen LogP contribution in [0.5, 0.6) is 0 Å². The number of nitrogens with zero attached hydrogens (tertiary/aromatic N) is 3. The van der Waals surface area contributed by atoms with E-state index in [4.69, 9.17) is 0 Å². The molecule has 2 aliphatic rings. The molecule has 3 heterocycles. The predicted octanol–water partition coefficient (Wildman–Crippen LogP) is 1.82. The van der Waals surface area contributed by atoms with Crippen molar-refractivity contribution in [3.8, 4) is 0 Å². The van der Waals surface area contributed by atoms with Gasteiger partial charge >= 0.3 is 0 Å². The summed E-state index contributed by atoms with van der Waals surface area (Å²) in [5.74, 6) is 0.785. The van der Waals surface area contributed by atoms with E-state index >= 15 is 0 Å². The first-order chi connectivity index (χ1) is 8.33. The Labute approximate surface area is 102 Å². The van der Waals surface area contributed by atoms with Crippen LogP contribution in [0.3, 0.4) is 0 Å². The second-order valence-corrected chi connectivity index (χ2v) is 5.22. The number of anilines is 1.